The number of morpholine rings is 1. The molecule has 1 aliphatic rings. The minimum Gasteiger partial charge on any atom is -0.379 e. The van der Waals surface area contributed by atoms with Crippen molar-refractivity contribution in [3.63, 3.8) is 0 Å². The van der Waals surface area contributed by atoms with E-state index in [1.54, 1.807) is 0 Å². The first kappa shape index (κ1) is 22.2. The van der Waals surface area contributed by atoms with Crippen molar-refractivity contribution >= 4 is 5.91 Å². The lowest BCUT2D eigenvalue weighted by Gasteiger charge is -2.36. The summed E-state index contributed by atoms with van der Waals surface area (Å²) in [6.45, 7) is 6.69. The van der Waals surface area contributed by atoms with Crippen LogP contribution in [-0.4, -0.2) is 59.5 Å². The van der Waals surface area contributed by atoms with Crippen molar-refractivity contribution in [3.05, 3.63) is 47.5 Å². The van der Waals surface area contributed by atoms with Crippen molar-refractivity contribution in [3.8, 4) is 5.69 Å². The van der Waals surface area contributed by atoms with Gasteiger partial charge in [0.2, 0.25) is 0 Å². The van der Waals surface area contributed by atoms with Gasteiger partial charge in [0.05, 0.1) is 25.0 Å². The third kappa shape index (κ3) is 4.81. The van der Waals surface area contributed by atoms with E-state index in [4.69, 9.17) is 4.74 Å². The van der Waals surface area contributed by atoms with Crippen molar-refractivity contribution in [2.24, 2.45) is 5.92 Å². The summed E-state index contributed by atoms with van der Waals surface area (Å²) in [5.41, 5.74) is -2.33. The van der Waals surface area contributed by atoms with E-state index in [0.717, 1.165) is 12.3 Å². The molecular formula is C20H24F4N4O2. The lowest BCUT2D eigenvalue weighted by Crippen LogP contribution is -2.51. The van der Waals surface area contributed by atoms with Crippen molar-refractivity contribution in [2.45, 2.75) is 26.1 Å². The van der Waals surface area contributed by atoms with Gasteiger partial charge < -0.3 is 10.1 Å². The van der Waals surface area contributed by atoms with Crippen LogP contribution in [0.1, 0.15) is 29.9 Å². The normalized spacial score (nSPS) is 16.6. The summed E-state index contributed by atoms with van der Waals surface area (Å²) < 4.78 is 61.1. The highest BCUT2D eigenvalue weighted by Gasteiger charge is 2.41. The maximum atomic E-state index is 14.1. The van der Waals surface area contributed by atoms with E-state index >= 15 is 0 Å². The number of alkyl halides is 3. The Hall–Kier alpha value is -2.46. The number of hydrogen-bond donors (Lipinski definition) is 1. The Balaban J connectivity index is 1.84. The first-order chi connectivity index (χ1) is 14.2. The minimum absolute atomic E-state index is 0.0474. The molecule has 1 aliphatic heterocycles. The molecule has 1 amide bonds. The average molecular weight is 428 g/mol. The Kier molecular flexibility index (Phi) is 6.77. The van der Waals surface area contributed by atoms with Crippen LogP contribution in [0.5, 0.6) is 0 Å². The summed E-state index contributed by atoms with van der Waals surface area (Å²) in [6, 6.07) is 4.92. The molecule has 2 heterocycles. The van der Waals surface area contributed by atoms with Gasteiger partial charge in [-0.25, -0.2) is 9.07 Å². The molecular weight excluding hydrogens is 404 g/mol. The molecule has 2 aromatic rings. The van der Waals surface area contributed by atoms with Crippen LogP contribution in [0.3, 0.4) is 0 Å². The lowest BCUT2D eigenvalue weighted by atomic mass is 10.0. The van der Waals surface area contributed by atoms with Crippen molar-refractivity contribution in [1.29, 1.82) is 0 Å². The molecule has 1 unspecified atom stereocenters. The number of para-hydroxylation sites is 1. The number of aromatic nitrogens is 2. The summed E-state index contributed by atoms with van der Waals surface area (Å²) in [4.78, 5) is 14.8. The van der Waals surface area contributed by atoms with Crippen LogP contribution < -0.4 is 5.32 Å². The number of amides is 1. The zero-order valence-electron chi connectivity index (χ0n) is 16.7. The maximum absolute atomic E-state index is 14.1. The van der Waals surface area contributed by atoms with E-state index in [9.17, 15) is 22.4 Å². The highest BCUT2D eigenvalue weighted by atomic mass is 19.4. The third-order valence-electron chi connectivity index (χ3n) is 5.12. The summed E-state index contributed by atoms with van der Waals surface area (Å²) in [6.07, 6.45) is -4.07. The minimum atomic E-state index is -4.90. The molecule has 6 nitrogen and oxygen atoms in total. The monoisotopic (exact) mass is 428 g/mol. The molecule has 0 radical (unpaired) electrons. The molecule has 1 atom stereocenters. The largest absolute Gasteiger partial charge is 0.434 e. The number of carbonyl (C=O) groups excluding carboxylic acids is 1. The van der Waals surface area contributed by atoms with Gasteiger partial charge in [0.25, 0.3) is 5.91 Å². The van der Waals surface area contributed by atoms with Crippen LogP contribution in [0.15, 0.2) is 30.5 Å². The number of nitrogens with one attached hydrogen (secondary N) is 1. The average Bonchev–Trinajstić information content (AvgIpc) is 3.14. The Morgan fingerprint density at radius 1 is 1.23 bits per heavy atom. The van der Waals surface area contributed by atoms with E-state index in [1.165, 1.54) is 18.2 Å². The first-order valence-electron chi connectivity index (χ1n) is 9.70. The lowest BCUT2D eigenvalue weighted by molar-refractivity contribution is -0.143. The van der Waals surface area contributed by atoms with E-state index in [0.29, 0.717) is 31.0 Å². The van der Waals surface area contributed by atoms with Gasteiger partial charge in [0.1, 0.15) is 11.5 Å². The standard InChI is InChI=1S/C20H24F4N4O2/c1-13(2)17(27-7-9-30-10-8-27)12-25-19(29)14-11-26-28(18(14)20(22,23)24)16-6-4-3-5-15(16)21/h3-6,11,13,17H,7-10,12H2,1-2H3,(H,25,29). The molecule has 0 bridgehead atoms. The van der Waals surface area contributed by atoms with Crippen LogP contribution in [0.4, 0.5) is 17.6 Å². The van der Waals surface area contributed by atoms with Gasteiger partial charge in [0, 0.05) is 25.7 Å². The summed E-state index contributed by atoms with van der Waals surface area (Å²) >= 11 is 0. The van der Waals surface area contributed by atoms with Crippen LogP contribution in [0.2, 0.25) is 0 Å². The van der Waals surface area contributed by atoms with Crippen LogP contribution in [-0.2, 0) is 10.9 Å². The molecule has 0 spiro atoms. The van der Waals surface area contributed by atoms with Crippen molar-refractivity contribution < 1.29 is 27.1 Å². The number of ether oxygens (including phenoxy) is 1. The highest BCUT2D eigenvalue weighted by molar-refractivity contribution is 5.95. The number of halogens is 4. The van der Waals surface area contributed by atoms with Gasteiger partial charge in [0.15, 0.2) is 5.69 Å². The van der Waals surface area contributed by atoms with Gasteiger partial charge in [-0.3, -0.25) is 9.69 Å². The highest BCUT2D eigenvalue weighted by Crippen LogP contribution is 2.34. The molecule has 1 aromatic carbocycles. The number of nitrogens with zero attached hydrogens (tertiary/aromatic N) is 3. The van der Waals surface area contributed by atoms with Crippen molar-refractivity contribution in [2.75, 3.05) is 32.8 Å². The molecule has 30 heavy (non-hydrogen) atoms. The van der Waals surface area contributed by atoms with Crippen LogP contribution in [0, 0.1) is 11.7 Å². The zero-order valence-corrected chi connectivity index (χ0v) is 16.7. The van der Waals surface area contributed by atoms with Crippen molar-refractivity contribution in [1.82, 2.24) is 20.0 Å². The number of hydrogen-bond acceptors (Lipinski definition) is 4. The fourth-order valence-electron chi connectivity index (χ4n) is 3.58. The topological polar surface area (TPSA) is 59.4 Å². The maximum Gasteiger partial charge on any atom is 0.434 e. The molecule has 1 aromatic heterocycles. The van der Waals surface area contributed by atoms with Gasteiger partial charge >= 0.3 is 6.18 Å². The fraction of sp³-hybridized carbons (Fsp3) is 0.500. The fourth-order valence-corrected chi connectivity index (χ4v) is 3.58. The predicted molar refractivity (Wildman–Crippen MR) is 102 cm³/mol. The van der Waals surface area contributed by atoms with E-state index in [1.807, 2.05) is 13.8 Å². The molecule has 0 saturated carbocycles. The number of rotatable bonds is 6. The van der Waals surface area contributed by atoms with E-state index in [2.05, 4.69) is 15.3 Å². The summed E-state index contributed by atoms with van der Waals surface area (Å²) in [5, 5.41) is 6.26. The van der Waals surface area contributed by atoms with Gasteiger partial charge in [-0.15, -0.1) is 0 Å². The van der Waals surface area contributed by atoms with E-state index < -0.39 is 29.2 Å². The Bertz CT molecular complexity index is 876. The second-order valence-electron chi connectivity index (χ2n) is 7.44. The quantitative estimate of drug-likeness (QED) is 0.719. The van der Waals surface area contributed by atoms with Gasteiger partial charge in [-0.05, 0) is 18.1 Å². The summed E-state index contributed by atoms with van der Waals surface area (Å²) in [7, 11) is 0. The smallest absolute Gasteiger partial charge is 0.379 e. The van der Waals surface area contributed by atoms with E-state index in [-0.39, 0.29) is 24.2 Å². The summed E-state index contributed by atoms with van der Waals surface area (Å²) in [5.74, 6) is -1.60. The third-order valence-corrected chi connectivity index (χ3v) is 5.12. The Morgan fingerprint density at radius 2 is 1.90 bits per heavy atom. The molecule has 0 aliphatic carbocycles. The van der Waals surface area contributed by atoms with Crippen LogP contribution >= 0.6 is 0 Å². The second kappa shape index (κ2) is 9.13. The molecule has 1 fully saturated rings. The second-order valence-corrected chi connectivity index (χ2v) is 7.44. The van der Waals surface area contributed by atoms with Gasteiger partial charge in [-0.2, -0.15) is 18.3 Å². The van der Waals surface area contributed by atoms with Crippen LogP contribution in [0.25, 0.3) is 5.69 Å². The molecule has 164 valence electrons. The molecule has 1 N–H and O–H groups in total. The Labute approximate surface area is 171 Å². The predicted octanol–water partition coefficient (Wildman–Crippen LogP) is 3.12. The van der Waals surface area contributed by atoms with Gasteiger partial charge in [-0.1, -0.05) is 26.0 Å². The first-order valence-corrected chi connectivity index (χ1v) is 9.70. The Morgan fingerprint density at radius 3 is 2.50 bits per heavy atom. The zero-order chi connectivity index (χ0) is 21.9. The molecule has 1 saturated heterocycles. The SMILES string of the molecule is CC(C)C(CNC(=O)c1cnn(-c2ccccc2F)c1C(F)(F)F)N1CCOCC1. The number of benzene rings is 1. The molecule has 3 rings (SSSR count). The molecule has 10 heteroatoms. The number of carbonyl (C=O) groups is 1.